The summed E-state index contributed by atoms with van der Waals surface area (Å²) in [5, 5.41) is 4.02. The van der Waals surface area contributed by atoms with Gasteiger partial charge in [0.1, 0.15) is 4.90 Å². The summed E-state index contributed by atoms with van der Waals surface area (Å²) in [6.07, 6.45) is 0. The van der Waals surface area contributed by atoms with E-state index in [9.17, 15) is 8.42 Å². The highest BCUT2D eigenvalue weighted by atomic mass is 79.9. The van der Waals surface area contributed by atoms with Gasteiger partial charge in [-0.25, -0.2) is 8.42 Å². The van der Waals surface area contributed by atoms with Crippen LogP contribution in [0.5, 0.6) is 0 Å². The lowest BCUT2D eigenvalue weighted by molar-refractivity contribution is 0.263. The van der Waals surface area contributed by atoms with E-state index in [1.807, 2.05) is 18.7 Å². The Balaban J connectivity index is 2.15. The fourth-order valence-electron chi connectivity index (χ4n) is 2.37. The highest BCUT2D eigenvalue weighted by Crippen LogP contribution is 2.35. The first-order chi connectivity index (χ1) is 11.1. The van der Waals surface area contributed by atoms with Crippen LogP contribution in [-0.2, 0) is 10.0 Å². The van der Waals surface area contributed by atoms with E-state index in [0.29, 0.717) is 35.8 Å². The molecule has 1 aliphatic heterocycles. The number of hydrogen-bond acceptors (Lipinski definition) is 3. The predicted octanol–water partition coefficient (Wildman–Crippen LogP) is 3.35. The maximum atomic E-state index is 12.9. The van der Waals surface area contributed by atoms with E-state index in [2.05, 4.69) is 21.2 Å². The minimum atomic E-state index is -3.75. The fourth-order valence-corrected chi connectivity index (χ4v) is 6.10. The Labute approximate surface area is 166 Å². The van der Waals surface area contributed by atoms with Crippen molar-refractivity contribution in [2.24, 2.45) is 0 Å². The Bertz CT molecular complexity index is 713. The van der Waals surface area contributed by atoms with Crippen LogP contribution in [-0.4, -0.2) is 55.0 Å². The lowest BCUT2D eigenvalue weighted by atomic mass is 10.3. The van der Waals surface area contributed by atoms with Crippen molar-refractivity contribution in [2.75, 3.05) is 26.2 Å². The second-order valence-electron chi connectivity index (χ2n) is 5.69. The van der Waals surface area contributed by atoms with Crippen molar-refractivity contribution < 1.29 is 8.42 Å². The van der Waals surface area contributed by atoms with E-state index in [0.717, 1.165) is 0 Å². The number of hydrogen-bond donors (Lipinski definition) is 1. The topological polar surface area (TPSA) is 52.6 Å². The minimum absolute atomic E-state index is 0.0506. The molecule has 0 bridgehead atoms. The van der Waals surface area contributed by atoms with Crippen LogP contribution in [0.1, 0.15) is 13.8 Å². The third kappa shape index (κ3) is 4.53. The molecule has 1 aliphatic rings. The number of sulfonamides is 1. The van der Waals surface area contributed by atoms with Crippen LogP contribution in [0.3, 0.4) is 0 Å². The Kier molecular flexibility index (Phi) is 6.78. The molecule has 0 radical (unpaired) electrons. The highest BCUT2D eigenvalue weighted by Gasteiger charge is 2.32. The second kappa shape index (κ2) is 8.05. The van der Waals surface area contributed by atoms with Gasteiger partial charge in [-0.1, -0.05) is 39.1 Å². The number of benzene rings is 1. The molecule has 24 heavy (non-hydrogen) atoms. The Morgan fingerprint density at radius 1 is 1.21 bits per heavy atom. The zero-order valence-corrected chi connectivity index (χ0v) is 18.0. The summed E-state index contributed by atoms with van der Waals surface area (Å²) < 4.78 is 27.8. The molecule has 1 fully saturated rings. The number of thiocarbonyl (C=S) groups is 1. The van der Waals surface area contributed by atoms with Gasteiger partial charge in [-0.3, -0.25) is 0 Å². The molecule has 10 heteroatoms. The largest absolute Gasteiger partial charge is 0.360 e. The Hall–Kier alpha value is -0.120. The molecule has 2 rings (SSSR count). The van der Waals surface area contributed by atoms with Gasteiger partial charge in [0.25, 0.3) is 0 Å². The lowest BCUT2D eigenvalue weighted by Crippen LogP contribution is -2.53. The molecule has 0 saturated carbocycles. The van der Waals surface area contributed by atoms with Crippen molar-refractivity contribution in [1.82, 2.24) is 14.5 Å². The summed E-state index contributed by atoms with van der Waals surface area (Å²) >= 11 is 20.8. The molecular formula is C14H18BrCl2N3O2S2. The first-order valence-electron chi connectivity index (χ1n) is 7.33. The molecule has 1 saturated heterocycles. The van der Waals surface area contributed by atoms with Crippen LogP contribution >= 0.6 is 51.3 Å². The molecular weight excluding hydrogens is 457 g/mol. The maximum Gasteiger partial charge on any atom is 0.246 e. The fraction of sp³-hybridized carbons (Fsp3) is 0.500. The van der Waals surface area contributed by atoms with Crippen molar-refractivity contribution in [3.63, 3.8) is 0 Å². The second-order valence-corrected chi connectivity index (χ2v) is 9.69. The van der Waals surface area contributed by atoms with Gasteiger partial charge < -0.3 is 10.2 Å². The van der Waals surface area contributed by atoms with Crippen molar-refractivity contribution in [1.29, 1.82) is 0 Å². The molecule has 1 aromatic carbocycles. The van der Waals surface area contributed by atoms with Gasteiger partial charge in [0.15, 0.2) is 5.11 Å². The first-order valence-corrected chi connectivity index (χ1v) is 10.7. The van der Waals surface area contributed by atoms with Gasteiger partial charge in [0.05, 0.1) is 10.0 Å². The predicted molar refractivity (Wildman–Crippen MR) is 105 cm³/mol. The number of nitrogens with one attached hydrogen (secondary N) is 1. The summed E-state index contributed by atoms with van der Waals surface area (Å²) in [4.78, 5) is 1.91. The first kappa shape index (κ1) is 20.2. The van der Waals surface area contributed by atoms with Crippen LogP contribution in [0.25, 0.3) is 0 Å². The SMILES string of the molecule is CC(C)NC(=S)N1CCN(S(=O)(=O)c2c(Cl)cc(Br)cc2Cl)CC1. The van der Waals surface area contributed by atoms with Gasteiger partial charge in [-0.2, -0.15) is 4.31 Å². The summed E-state index contributed by atoms with van der Waals surface area (Å²) in [6.45, 7) is 5.69. The summed E-state index contributed by atoms with van der Waals surface area (Å²) in [7, 11) is -3.75. The quantitative estimate of drug-likeness (QED) is 0.680. The van der Waals surface area contributed by atoms with Crippen molar-refractivity contribution in [3.8, 4) is 0 Å². The normalized spacial score (nSPS) is 16.5. The average Bonchev–Trinajstić information content (AvgIpc) is 2.45. The molecule has 0 amide bonds. The summed E-state index contributed by atoms with van der Waals surface area (Å²) in [5.74, 6) is 0. The van der Waals surface area contributed by atoms with Crippen molar-refractivity contribution in [3.05, 3.63) is 26.7 Å². The third-order valence-electron chi connectivity index (χ3n) is 3.50. The van der Waals surface area contributed by atoms with Crippen LogP contribution in [0, 0.1) is 0 Å². The maximum absolute atomic E-state index is 12.9. The number of nitrogens with zero attached hydrogens (tertiary/aromatic N) is 2. The smallest absolute Gasteiger partial charge is 0.246 e. The van der Waals surface area contributed by atoms with E-state index in [4.69, 9.17) is 35.4 Å². The molecule has 0 spiro atoms. The highest BCUT2D eigenvalue weighted by molar-refractivity contribution is 9.10. The van der Waals surface area contributed by atoms with Gasteiger partial charge in [0, 0.05) is 36.7 Å². The molecule has 0 atom stereocenters. The molecule has 1 N–H and O–H groups in total. The molecule has 0 aliphatic carbocycles. The van der Waals surface area contributed by atoms with E-state index in [1.165, 1.54) is 16.4 Å². The summed E-state index contributed by atoms with van der Waals surface area (Å²) in [5.41, 5.74) is 0. The molecule has 0 aromatic heterocycles. The van der Waals surface area contributed by atoms with Crippen LogP contribution in [0.15, 0.2) is 21.5 Å². The molecule has 134 valence electrons. The van der Waals surface area contributed by atoms with Crippen molar-refractivity contribution >= 4 is 66.5 Å². The molecule has 0 unspecified atom stereocenters. The molecule has 1 heterocycles. The van der Waals surface area contributed by atoms with E-state index < -0.39 is 10.0 Å². The summed E-state index contributed by atoms with van der Waals surface area (Å²) in [6, 6.07) is 3.29. The van der Waals surface area contributed by atoms with Crippen LogP contribution < -0.4 is 5.32 Å². The van der Waals surface area contributed by atoms with Crippen LogP contribution in [0.2, 0.25) is 10.0 Å². The third-order valence-corrected chi connectivity index (χ3v) is 7.15. The Morgan fingerprint density at radius 3 is 2.17 bits per heavy atom. The average molecular weight is 475 g/mol. The van der Waals surface area contributed by atoms with Gasteiger partial charge in [0.2, 0.25) is 10.0 Å². The van der Waals surface area contributed by atoms with Gasteiger partial charge in [-0.15, -0.1) is 0 Å². The zero-order valence-electron chi connectivity index (χ0n) is 13.2. The van der Waals surface area contributed by atoms with E-state index >= 15 is 0 Å². The number of halogens is 3. The van der Waals surface area contributed by atoms with Crippen LogP contribution in [0.4, 0.5) is 0 Å². The standard InChI is InChI=1S/C14H18BrCl2N3O2S2/c1-9(2)18-14(23)19-3-5-20(6-4-19)24(21,22)13-11(16)7-10(15)8-12(13)17/h7-9H,3-6H2,1-2H3,(H,18,23). The lowest BCUT2D eigenvalue weighted by Gasteiger charge is -2.36. The molecule has 5 nitrogen and oxygen atoms in total. The monoisotopic (exact) mass is 473 g/mol. The van der Waals surface area contributed by atoms with E-state index in [1.54, 1.807) is 0 Å². The van der Waals surface area contributed by atoms with E-state index in [-0.39, 0.29) is 21.0 Å². The zero-order chi connectivity index (χ0) is 18.1. The number of piperazine rings is 1. The minimum Gasteiger partial charge on any atom is -0.360 e. The Morgan fingerprint density at radius 2 is 1.71 bits per heavy atom. The molecule has 1 aromatic rings. The van der Waals surface area contributed by atoms with Crippen molar-refractivity contribution in [2.45, 2.75) is 24.8 Å². The number of rotatable bonds is 3. The van der Waals surface area contributed by atoms with Gasteiger partial charge in [-0.05, 0) is 38.2 Å². The van der Waals surface area contributed by atoms with Gasteiger partial charge >= 0.3 is 0 Å².